The Labute approximate surface area is 556 Å². The molecule has 3 aromatic heterocycles. The van der Waals surface area contributed by atoms with E-state index in [0.29, 0.717) is 0 Å². The summed E-state index contributed by atoms with van der Waals surface area (Å²) in [5.41, 5.74) is 26.7. The second-order valence-corrected chi connectivity index (χ2v) is 37.3. The largest absolute Gasteiger partial charge is 0.376 e. The molecule has 0 N–H and O–H groups in total. The lowest BCUT2D eigenvalue weighted by molar-refractivity contribution is 0.332. The van der Waals surface area contributed by atoms with Crippen molar-refractivity contribution >= 4 is 131 Å². The van der Waals surface area contributed by atoms with Crippen molar-refractivity contribution in [3.8, 4) is 16.8 Å². The normalized spacial score (nSPS) is 17.3. The van der Waals surface area contributed by atoms with Gasteiger partial charge >= 0.3 is 6.85 Å². The summed E-state index contributed by atoms with van der Waals surface area (Å²) in [7, 11) is 0. The van der Waals surface area contributed by atoms with Crippen LogP contribution in [0.15, 0.2) is 146 Å². The lowest BCUT2D eigenvalue weighted by Crippen LogP contribution is -2.61. The first-order chi connectivity index (χ1) is 43.1. The summed E-state index contributed by atoms with van der Waals surface area (Å²) in [5.74, 6) is 0. The summed E-state index contributed by atoms with van der Waals surface area (Å²) >= 11 is 3.99. The highest BCUT2D eigenvalue weighted by Crippen LogP contribution is 2.58. The van der Waals surface area contributed by atoms with Gasteiger partial charge in [0, 0.05) is 90.8 Å². The van der Waals surface area contributed by atoms with E-state index in [1.165, 1.54) is 165 Å². The molecule has 2 aliphatic heterocycles. The van der Waals surface area contributed by atoms with Crippen molar-refractivity contribution in [2.24, 2.45) is 0 Å². The molecule has 4 aliphatic rings. The Morgan fingerprint density at radius 2 is 0.870 bits per heavy atom. The fourth-order valence-electron chi connectivity index (χ4n) is 16.9. The number of fused-ring (bicyclic) bond motifs is 16. The van der Waals surface area contributed by atoms with Crippen molar-refractivity contribution in [1.82, 2.24) is 4.57 Å². The molecule has 12 aromatic rings. The highest BCUT2D eigenvalue weighted by atomic mass is 32.1. The van der Waals surface area contributed by atoms with E-state index >= 15 is 0 Å². The van der Waals surface area contributed by atoms with Gasteiger partial charge in [-0.2, -0.15) is 0 Å². The fourth-order valence-corrected chi connectivity index (χ4v) is 19.2. The molecule has 0 fully saturated rings. The lowest BCUT2D eigenvalue weighted by Gasteiger charge is -2.44. The van der Waals surface area contributed by atoms with E-state index in [1.807, 2.05) is 22.7 Å². The van der Waals surface area contributed by atoms with E-state index in [0.717, 1.165) is 23.5 Å². The van der Waals surface area contributed by atoms with Gasteiger partial charge in [-0.1, -0.05) is 181 Å². The number of hydrogen-bond acceptors (Lipinski definition) is 4. The third kappa shape index (κ3) is 8.83. The predicted molar refractivity (Wildman–Crippen MR) is 406 cm³/mol. The zero-order valence-electron chi connectivity index (χ0n) is 58.4. The van der Waals surface area contributed by atoms with Crippen LogP contribution in [0.2, 0.25) is 0 Å². The van der Waals surface area contributed by atoms with Crippen LogP contribution in [0, 0.1) is 0 Å². The van der Waals surface area contributed by atoms with Crippen LogP contribution in [-0.4, -0.2) is 11.4 Å². The number of benzene rings is 9. The lowest BCUT2D eigenvalue weighted by atomic mass is 9.43. The molecule has 0 atom stereocenters. The molecule has 0 amide bonds. The van der Waals surface area contributed by atoms with E-state index in [2.05, 4.69) is 298 Å². The predicted octanol–water partition coefficient (Wildman–Crippen LogP) is 24.1. The van der Waals surface area contributed by atoms with Crippen molar-refractivity contribution in [2.45, 2.75) is 207 Å². The van der Waals surface area contributed by atoms with E-state index in [9.17, 15) is 0 Å². The summed E-state index contributed by atoms with van der Waals surface area (Å²) in [6, 6.07) is 59.8. The quantitative estimate of drug-likeness (QED) is 0.163. The van der Waals surface area contributed by atoms with E-state index in [1.54, 1.807) is 0 Å². The van der Waals surface area contributed by atoms with Gasteiger partial charge in [-0.15, -0.1) is 22.7 Å². The van der Waals surface area contributed by atoms with Crippen LogP contribution >= 0.6 is 22.7 Å². The van der Waals surface area contributed by atoms with Gasteiger partial charge in [0.05, 0.1) is 11.0 Å². The first-order valence-electron chi connectivity index (χ1n) is 34.3. The second kappa shape index (κ2) is 19.3. The van der Waals surface area contributed by atoms with Gasteiger partial charge in [-0.05, 0) is 233 Å². The average molecular weight is 1240 g/mol. The van der Waals surface area contributed by atoms with E-state index in [-0.39, 0.29) is 50.2 Å². The summed E-state index contributed by atoms with van der Waals surface area (Å²) in [6.07, 6.45) is 4.71. The van der Waals surface area contributed by atoms with Crippen LogP contribution in [0.4, 0.5) is 28.4 Å². The van der Waals surface area contributed by atoms with Crippen molar-refractivity contribution in [1.29, 1.82) is 0 Å². The highest BCUT2D eigenvalue weighted by molar-refractivity contribution is 7.26. The number of thiophene rings is 2. The van der Waals surface area contributed by atoms with Crippen LogP contribution in [0.25, 0.3) is 79.0 Å². The molecule has 0 saturated carbocycles. The molecule has 0 spiro atoms. The topological polar surface area (TPSA) is 11.4 Å². The van der Waals surface area contributed by atoms with Gasteiger partial charge in [-0.25, -0.2) is 0 Å². The molecule has 5 heterocycles. The third-order valence-electron chi connectivity index (χ3n) is 22.9. The Kier molecular flexibility index (Phi) is 12.5. The molecular formula is C86H92BN3S2. The number of rotatable bonds is 4. The van der Waals surface area contributed by atoms with Gasteiger partial charge in [0.25, 0.3) is 0 Å². The summed E-state index contributed by atoms with van der Waals surface area (Å²) in [6.45, 7) is 48.0. The summed E-state index contributed by atoms with van der Waals surface area (Å²) in [5, 5.41) is 8.14. The number of aromatic nitrogens is 1. The van der Waals surface area contributed by atoms with Crippen LogP contribution < -0.4 is 20.6 Å². The SMILES string of the molecule is CC(C)(C)c1ccc(N(c2ccc(C(C)(C)C)cc2)c2cc3c4c(c2)-n2c5ccc(C(C)(C)C)cc5c5cc(C(C)(C)C)cc(c52)B4N(c2cccc4sc5cc6c(cc5c24)C(C)(C)CCC6(C)C)c2ccc4sc5cc6c(cc5c4c2-3)C(C)(C)CCC6(C)C)cc1. The van der Waals surface area contributed by atoms with Crippen molar-refractivity contribution in [3.63, 3.8) is 0 Å². The van der Waals surface area contributed by atoms with Crippen molar-refractivity contribution < 1.29 is 0 Å². The Morgan fingerprint density at radius 1 is 0.391 bits per heavy atom. The fraction of sp³-hybridized carbons (Fsp3) is 0.372. The molecule has 6 heteroatoms. The smallest absolute Gasteiger partial charge is 0.333 e. The van der Waals surface area contributed by atoms with Crippen LogP contribution in [0.3, 0.4) is 0 Å². The van der Waals surface area contributed by atoms with Crippen molar-refractivity contribution in [2.75, 3.05) is 9.71 Å². The highest BCUT2D eigenvalue weighted by Gasteiger charge is 2.48. The third-order valence-corrected chi connectivity index (χ3v) is 25.1. The molecule has 3 nitrogen and oxygen atoms in total. The molecule has 0 saturated heterocycles. The maximum atomic E-state index is 2.88. The van der Waals surface area contributed by atoms with Crippen molar-refractivity contribution in [3.05, 3.63) is 190 Å². The first-order valence-corrected chi connectivity index (χ1v) is 35.9. The average Bonchev–Trinajstić information content (AvgIpc) is 1.26. The van der Waals surface area contributed by atoms with Crippen LogP contribution in [-0.2, 0) is 43.3 Å². The Morgan fingerprint density at radius 3 is 1.39 bits per heavy atom. The Hall–Kier alpha value is -7.12. The van der Waals surface area contributed by atoms with Crippen LogP contribution in [0.1, 0.15) is 209 Å². The minimum absolute atomic E-state index is 0.00229. The van der Waals surface area contributed by atoms with Gasteiger partial charge < -0.3 is 14.3 Å². The number of anilines is 5. The molecular weight excluding hydrogens is 1150 g/mol. The Balaban J connectivity index is 1.10. The number of hydrogen-bond donors (Lipinski definition) is 0. The number of nitrogens with zero attached hydrogens (tertiary/aromatic N) is 3. The Bertz CT molecular complexity index is 5080. The maximum absolute atomic E-state index is 2.88. The maximum Gasteiger partial charge on any atom is 0.333 e. The zero-order chi connectivity index (χ0) is 64.8. The molecule has 16 rings (SSSR count). The monoisotopic (exact) mass is 1240 g/mol. The van der Waals surface area contributed by atoms with Gasteiger partial charge in [-0.3, -0.25) is 0 Å². The van der Waals surface area contributed by atoms with Gasteiger partial charge in [0.2, 0.25) is 0 Å². The minimum atomic E-state index is -0.195. The van der Waals surface area contributed by atoms with Crippen LogP contribution in [0.5, 0.6) is 0 Å². The minimum Gasteiger partial charge on any atom is -0.376 e. The zero-order valence-corrected chi connectivity index (χ0v) is 60.1. The molecule has 9 aromatic carbocycles. The van der Waals surface area contributed by atoms with E-state index < -0.39 is 0 Å². The second-order valence-electron chi connectivity index (χ2n) is 35.2. The first kappa shape index (κ1) is 59.9. The van der Waals surface area contributed by atoms with Gasteiger partial charge in [0.15, 0.2) is 0 Å². The molecule has 92 heavy (non-hydrogen) atoms. The molecule has 0 unspecified atom stereocenters. The summed E-state index contributed by atoms with van der Waals surface area (Å²) in [4.78, 5) is 5.46. The van der Waals surface area contributed by atoms with E-state index in [4.69, 9.17) is 0 Å². The molecule has 466 valence electrons. The molecule has 2 aliphatic carbocycles. The molecule has 0 radical (unpaired) electrons. The molecule has 0 bridgehead atoms. The van der Waals surface area contributed by atoms with Gasteiger partial charge in [0.1, 0.15) is 0 Å². The summed E-state index contributed by atoms with van der Waals surface area (Å²) < 4.78 is 8.18. The standard InChI is InChI=1S/C86H92BN3S2/c1-79(2,3)49-24-29-53(30-25-49)88(54-31-26-50(27-32-54)80(4,5)6)55-43-60-75-68(34-35-71-76(75)59-46-62-64(48-73(59)92-71)86(19,20)39-37-84(62,15)16)90(67-22-21-23-70-74(67)58-45-61-63(47-72(58)91-70)85(17,18)38-36-83(61,13)14)87-65-42-52(82(10,11)12)41-57-56-40-51(81(7,8)9)28-33-66(56)89(78(57)65)69(44-55)77(60)87/h21-35,40-48H,36-39H2,1-20H3.